The van der Waals surface area contributed by atoms with E-state index in [9.17, 15) is 9.59 Å². The van der Waals surface area contributed by atoms with Crippen LogP contribution in [0.4, 0.5) is 0 Å². The van der Waals surface area contributed by atoms with Gasteiger partial charge in [0.05, 0.1) is 5.92 Å². The number of amides is 2. The van der Waals surface area contributed by atoms with E-state index < -0.39 is 0 Å². The van der Waals surface area contributed by atoms with E-state index in [-0.39, 0.29) is 36.2 Å². The Balaban J connectivity index is 0.00000225. The normalized spacial score (nSPS) is 26.2. The molecule has 2 aliphatic rings. The van der Waals surface area contributed by atoms with Crippen molar-refractivity contribution in [3.05, 3.63) is 35.4 Å². The molecule has 0 radical (unpaired) electrons. The summed E-state index contributed by atoms with van der Waals surface area (Å²) >= 11 is 0. The molecule has 3 rings (SSSR count). The topological polar surface area (TPSA) is 61.4 Å². The molecule has 5 nitrogen and oxygen atoms in total. The third-order valence-electron chi connectivity index (χ3n) is 5.23. The summed E-state index contributed by atoms with van der Waals surface area (Å²) in [7, 11) is 0. The summed E-state index contributed by atoms with van der Waals surface area (Å²) in [6.45, 7) is 7.17. The largest absolute Gasteiger partial charge is 0.352 e. The number of hydrogen-bond acceptors (Lipinski definition) is 3. The number of benzene rings is 1. The van der Waals surface area contributed by atoms with E-state index >= 15 is 0 Å². The molecule has 3 unspecified atom stereocenters. The number of hydrogen-bond donors (Lipinski definition) is 2. The second kappa shape index (κ2) is 8.68. The Bertz CT molecular complexity index is 605. The molecule has 3 atom stereocenters. The van der Waals surface area contributed by atoms with Crippen LogP contribution in [0.15, 0.2) is 24.3 Å². The molecule has 2 fully saturated rings. The molecule has 0 aromatic heterocycles. The summed E-state index contributed by atoms with van der Waals surface area (Å²) in [6, 6.07) is 8.37. The van der Waals surface area contributed by atoms with E-state index in [1.807, 2.05) is 19.1 Å². The van der Waals surface area contributed by atoms with Gasteiger partial charge in [-0.25, -0.2) is 0 Å². The lowest BCUT2D eigenvalue weighted by Crippen LogP contribution is -2.51. The third-order valence-corrected chi connectivity index (χ3v) is 5.23. The van der Waals surface area contributed by atoms with E-state index in [0.29, 0.717) is 25.4 Å². The van der Waals surface area contributed by atoms with Crippen molar-refractivity contribution in [1.82, 2.24) is 15.5 Å². The predicted octanol–water partition coefficient (Wildman–Crippen LogP) is 1.88. The maximum absolute atomic E-state index is 12.5. The zero-order valence-corrected chi connectivity index (χ0v) is 15.8. The number of rotatable bonds is 4. The van der Waals surface area contributed by atoms with Crippen LogP contribution in [0.3, 0.4) is 0 Å². The summed E-state index contributed by atoms with van der Waals surface area (Å²) in [5, 5.41) is 6.47. The SMILES string of the molecule is Cc1ccc(CN2CC(C(=O)NC3CNCCC3C)CC2=O)cc1.Cl. The van der Waals surface area contributed by atoms with Gasteiger partial charge >= 0.3 is 0 Å². The van der Waals surface area contributed by atoms with E-state index in [1.165, 1.54) is 5.56 Å². The van der Waals surface area contributed by atoms with Crippen molar-refractivity contribution < 1.29 is 9.59 Å². The third kappa shape index (κ3) is 4.95. The Kier molecular flexibility index (Phi) is 6.85. The molecule has 1 aromatic carbocycles. The van der Waals surface area contributed by atoms with Crippen molar-refractivity contribution in [2.24, 2.45) is 11.8 Å². The van der Waals surface area contributed by atoms with Crippen LogP contribution < -0.4 is 10.6 Å². The van der Waals surface area contributed by atoms with Crippen molar-refractivity contribution >= 4 is 24.2 Å². The first kappa shape index (κ1) is 19.7. The Morgan fingerprint density at radius 1 is 1.32 bits per heavy atom. The Hall–Kier alpha value is -1.59. The predicted molar refractivity (Wildman–Crippen MR) is 101 cm³/mol. The number of nitrogens with zero attached hydrogens (tertiary/aromatic N) is 1. The maximum atomic E-state index is 12.5. The van der Waals surface area contributed by atoms with Crippen LogP contribution in [-0.4, -0.2) is 42.4 Å². The van der Waals surface area contributed by atoms with Gasteiger partial charge in [-0.05, 0) is 31.4 Å². The maximum Gasteiger partial charge on any atom is 0.225 e. The zero-order valence-electron chi connectivity index (χ0n) is 15.0. The molecule has 0 aliphatic carbocycles. The molecule has 25 heavy (non-hydrogen) atoms. The van der Waals surface area contributed by atoms with Crippen molar-refractivity contribution in [3.63, 3.8) is 0 Å². The number of halogens is 1. The monoisotopic (exact) mass is 365 g/mol. The number of aryl methyl sites for hydroxylation is 1. The lowest BCUT2D eigenvalue weighted by atomic mass is 9.94. The van der Waals surface area contributed by atoms with Crippen molar-refractivity contribution in [3.8, 4) is 0 Å². The number of nitrogens with one attached hydrogen (secondary N) is 2. The van der Waals surface area contributed by atoms with Crippen LogP contribution in [-0.2, 0) is 16.1 Å². The second-order valence-corrected chi connectivity index (χ2v) is 7.25. The van der Waals surface area contributed by atoms with Crippen LogP contribution in [0.2, 0.25) is 0 Å². The molecular weight excluding hydrogens is 338 g/mol. The lowest BCUT2D eigenvalue weighted by Gasteiger charge is -2.31. The highest BCUT2D eigenvalue weighted by Gasteiger charge is 2.35. The van der Waals surface area contributed by atoms with E-state index in [4.69, 9.17) is 0 Å². The van der Waals surface area contributed by atoms with Crippen LogP contribution in [0.1, 0.15) is 30.9 Å². The Labute approximate surface area is 155 Å². The molecule has 6 heteroatoms. The first-order chi connectivity index (χ1) is 11.5. The number of carbonyl (C=O) groups is 2. The van der Waals surface area contributed by atoms with Gasteiger partial charge in [0.1, 0.15) is 0 Å². The summed E-state index contributed by atoms with van der Waals surface area (Å²) < 4.78 is 0. The first-order valence-electron chi connectivity index (χ1n) is 8.87. The molecule has 2 N–H and O–H groups in total. The average Bonchev–Trinajstić information content (AvgIpc) is 2.93. The molecule has 2 heterocycles. The summed E-state index contributed by atoms with van der Waals surface area (Å²) in [5.74, 6) is 0.355. The van der Waals surface area contributed by atoms with Crippen LogP contribution in [0, 0.1) is 18.8 Å². The lowest BCUT2D eigenvalue weighted by molar-refractivity contribution is -0.129. The zero-order chi connectivity index (χ0) is 17.1. The molecule has 2 saturated heterocycles. The molecule has 0 saturated carbocycles. The van der Waals surface area contributed by atoms with Crippen LogP contribution in [0.5, 0.6) is 0 Å². The van der Waals surface area contributed by atoms with Crippen LogP contribution >= 0.6 is 12.4 Å². The minimum atomic E-state index is -0.225. The Morgan fingerprint density at radius 3 is 2.72 bits per heavy atom. The molecular formula is C19H28ClN3O2. The fourth-order valence-corrected chi connectivity index (χ4v) is 3.50. The van der Waals surface area contributed by atoms with Gasteiger partial charge in [0.25, 0.3) is 0 Å². The van der Waals surface area contributed by atoms with E-state index in [1.54, 1.807) is 4.90 Å². The minimum absolute atomic E-state index is 0. The highest BCUT2D eigenvalue weighted by atomic mass is 35.5. The van der Waals surface area contributed by atoms with Crippen molar-refractivity contribution in [2.75, 3.05) is 19.6 Å². The van der Waals surface area contributed by atoms with Gasteiger partial charge in [-0.2, -0.15) is 0 Å². The van der Waals surface area contributed by atoms with Gasteiger partial charge in [0.2, 0.25) is 11.8 Å². The van der Waals surface area contributed by atoms with Crippen molar-refractivity contribution in [1.29, 1.82) is 0 Å². The van der Waals surface area contributed by atoms with Crippen molar-refractivity contribution in [2.45, 2.75) is 39.3 Å². The van der Waals surface area contributed by atoms with Gasteiger partial charge in [0.15, 0.2) is 0 Å². The Morgan fingerprint density at radius 2 is 2.04 bits per heavy atom. The molecule has 0 spiro atoms. The number of piperidine rings is 1. The standard InChI is InChI=1S/C19H27N3O2.ClH/c1-13-3-5-15(6-4-13)11-22-12-16(9-18(22)23)19(24)21-17-10-20-8-7-14(17)2;/h3-6,14,16-17,20H,7-12H2,1-2H3,(H,21,24);1H. The number of carbonyl (C=O) groups excluding carboxylic acids is 2. The fourth-order valence-electron chi connectivity index (χ4n) is 3.50. The summed E-state index contributed by atoms with van der Waals surface area (Å²) in [5.41, 5.74) is 2.32. The minimum Gasteiger partial charge on any atom is -0.352 e. The highest BCUT2D eigenvalue weighted by molar-refractivity contribution is 5.89. The first-order valence-corrected chi connectivity index (χ1v) is 8.87. The quantitative estimate of drug-likeness (QED) is 0.856. The van der Waals surface area contributed by atoms with Gasteiger partial charge in [-0.3, -0.25) is 9.59 Å². The average molecular weight is 366 g/mol. The molecule has 2 amide bonds. The summed E-state index contributed by atoms with van der Waals surface area (Å²) in [6.07, 6.45) is 1.40. The molecule has 1 aromatic rings. The molecule has 0 bridgehead atoms. The van der Waals surface area contributed by atoms with E-state index in [2.05, 4.69) is 29.7 Å². The summed E-state index contributed by atoms with van der Waals surface area (Å²) in [4.78, 5) is 26.6. The smallest absolute Gasteiger partial charge is 0.225 e. The fraction of sp³-hybridized carbons (Fsp3) is 0.579. The molecule has 138 valence electrons. The second-order valence-electron chi connectivity index (χ2n) is 7.25. The van der Waals surface area contributed by atoms with Gasteiger partial charge in [-0.1, -0.05) is 36.8 Å². The van der Waals surface area contributed by atoms with Gasteiger partial charge < -0.3 is 15.5 Å². The van der Waals surface area contributed by atoms with Gasteiger partial charge in [0, 0.05) is 32.1 Å². The molecule has 2 aliphatic heterocycles. The number of likely N-dealkylation sites (tertiary alicyclic amines) is 1. The highest BCUT2D eigenvalue weighted by Crippen LogP contribution is 2.21. The van der Waals surface area contributed by atoms with Gasteiger partial charge in [-0.15, -0.1) is 12.4 Å². The van der Waals surface area contributed by atoms with E-state index in [0.717, 1.165) is 25.1 Å². The van der Waals surface area contributed by atoms with Crippen LogP contribution in [0.25, 0.3) is 0 Å².